The van der Waals surface area contributed by atoms with Crippen molar-refractivity contribution in [3.05, 3.63) is 70.1 Å². The molecule has 1 aromatic heterocycles. The number of aromatic nitrogens is 1. The van der Waals surface area contributed by atoms with E-state index in [2.05, 4.69) is 10.3 Å². The molecule has 1 aliphatic carbocycles. The van der Waals surface area contributed by atoms with Gasteiger partial charge in [0.05, 0.1) is 6.42 Å². The van der Waals surface area contributed by atoms with Gasteiger partial charge in [0.25, 0.3) is 0 Å². The number of aromatic amines is 1. The molecule has 128 valence electrons. The zero-order chi connectivity index (χ0) is 17.4. The van der Waals surface area contributed by atoms with Crippen LogP contribution < -0.4 is 5.32 Å². The van der Waals surface area contributed by atoms with E-state index in [0.717, 1.165) is 40.8 Å². The molecule has 3 aromatic rings. The van der Waals surface area contributed by atoms with Crippen molar-refractivity contribution < 1.29 is 9.18 Å². The molecule has 0 fully saturated rings. The Balaban J connectivity index is 1.46. The number of carbonyl (C=O) groups excluding carboxylic acids is 1. The number of hydrogen-bond donors (Lipinski definition) is 2. The van der Waals surface area contributed by atoms with Gasteiger partial charge in [-0.2, -0.15) is 0 Å². The largest absolute Gasteiger partial charge is 0.358 e. The molecule has 2 aromatic carbocycles. The van der Waals surface area contributed by atoms with Gasteiger partial charge in [-0.1, -0.05) is 23.7 Å². The molecule has 1 unspecified atom stereocenters. The summed E-state index contributed by atoms with van der Waals surface area (Å²) in [4.78, 5) is 15.8. The fourth-order valence-electron chi connectivity index (χ4n) is 3.58. The molecule has 1 amide bonds. The van der Waals surface area contributed by atoms with Gasteiger partial charge in [0, 0.05) is 27.7 Å². The van der Waals surface area contributed by atoms with Crippen LogP contribution in [0.2, 0.25) is 5.02 Å². The van der Waals surface area contributed by atoms with E-state index < -0.39 is 0 Å². The Morgan fingerprint density at radius 3 is 2.84 bits per heavy atom. The molecule has 4 rings (SSSR count). The van der Waals surface area contributed by atoms with Crippen LogP contribution in [0.15, 0.2) is 42.5 Å². The molecule has 0 radical (unpaired) electrons. The first-order valence-corrected chi connectivity index (χ1v) is 8.79. The smallest absolute Gasteiger partial charge is 0.224 e. The Morgan fingerprint density at radius 2 is 2.04 bits per heavy atom. The second-order valence-electron chi connectivity index (χ2n) is 6.58. The average molecular weight is 357 g/mol. The van der Waals surface area contributed by atoms with Gasteiger partial charge in [-0.3, -0.25) is 4.79 Å². The summed E-state index contributed by atoms with van der Waals surface area (Å²) in [6.45, 7) is 0. The van der Waals surface area contributed by atoms with Crippen molar-refractivity contribution in [1.29, 1.82) is 0 Å². The summed E-state index contributed by atoms with van der Waals surface area (Å²) in [6, 6.07) is 12.0. The highest BCUT2D eigenvalue weighted by atomic mass is 35.5. The van der Waals surface area contributed by atoms with Crippen molar-refractivity contribution in [1.82, 2.24) is 10.3 Å². The Kier molecular flexibility index (Phi) is 4.22. The van der Waals surface area contributed by atoms with Crippen LogP contribution in [0.4, 0.5) is 4.39 Å². The van der Waals surface area contributed by atoms with Crippen molar-refractivity contribution in [2.75, 3.05) is 0 Å². The topological polar surface area (TPSA) is 44.9 Å². The number of rotatable bonds is 3. The lowest BCUT2D eigenvalue weighted by atomic mass is 9.91. The van der Waals surface area contributed by atoms with Gasteiger partial charge in [-0.05, 0) is 60.7 Å². The molecule has 3 nitrogen and oxygen atoms in total. The van der Waals surface area contributed by atoms with Crippen LogP contribution in [0.5, 0.6) is 0 Å². The van der Waals surface area contributed by atoms with E-state index in [1.807, 2.05) is 18.2 Å². The molecule has 1 atom stereocenters. The number of aryl methyl sites for hydroxylation is 1. The first-order valence-electron chi connectivity index (χ1n) is 8.41. The lowest BCUT2D eigenvalue weighted by Gasteiger charge is -2.23. The van der Waals surface area contributed by atoms with Crippen molar-refractivity contribution in [3.63, 3.8) is 0 Å². The highest BCUT2D eigenvalue weighted by molar-refractivity contribution is 6.31. The zero-order valence-electron chi connectivity index (χ0n) is 13.6. The number of benzene rings is 2. The van der Waals surface area contributed by atoms with E-state index in [1.54, 1.807) is 12.1 Å². The fourth-order valence-corrected chi connectivity index (χ4v) is 3.75. The van der Waals surface area contributed by atoms with Gasteiger partial charge in [0.15, 0.2) is 0 Å². The second-order valence-corrected chi connectivity index (χ2v) is 7.02. The van der Waals surface area contributed by atoms with E-state index in [0.29, 0.717) is 0 Å². The second kappa shape index (κ2) is 6.52. The fraction of sp³-hybridized carbons (Fsp3) is 0.250. The number of halogens is 2. The standard InChI is InChI=1S/C20H18ClFN2O/c21-13-3-7-18-16(10-13)17-11-15(6-8-19(17)24-18)23-20(25)9-12-1-4-14(22)5-2-12/h1-5,7,10,15,24H,6,8-9,11H2,(H,23,25). The molecular formula is C20H18ClFN2O. The first-order chi connectivity index (χ1) is 12.1. The predicted octanol–water partition coefficient (Wildman–Crippen LogP) is 4.18. The summed E-state index contributed by atoms with van der Waals surface area (Å²) in [7, 11) is 0. The summed E-state index contributed by atoms with van der Waals surface area (Å²) in [6.07, 6.45) is 2.88. The van der Waals surface area contributed by atoms with E-state index in [-0.39, 0.29) is 24.2 Å². The van der Waals surface area contributed by atoms with Crippen LogP contribution in [0.3, 0.4) is 0 Å². The molecule has 2 N–H and O–H groups in total. The molecule has 0 saturated heterocycles. The number of fused-ring (bicyclic) bond motifs is 3. The molecule has 25 heavy (non-hydrogen) atoms. The minimum Gasteiger partial charge on any atom is -0.358 e. The van der Waals surface area contributed by atoms with Crippen LogP contribution in [0.1, 0.15) is 23.2 Å². The minimum absolute atomic E-state index is 0.0297. The van der Waals surface area contributed by atoms with Crippen LogP contribution >= 0.6 is 11.6 Å². The summed E-state index contributed by atoms with van der Waals surface area (Å²) >= 11 is 6.13. The van der Waals surface area contributed by atoms with Gasteiger partial charge in [0.2, 0.25) is 5.91 Å². The number of amides is 1. The monoisotopic (exact) mass is 356 g/mol. The van der Waals surface area contributed by atoms with Crippen molar-refractivity contribution in [3.8, 4) is 0 Å². The van der Waals surface area contributed by atoms with Crippen LogP contribution in [0.25, 0.3) is 10.9 Å². The Hall–Kier alpha value is -2.33. The van der Waals surface area contributed by atoms with E-state index >= 15 is 0 Å². The van der Waals surface area contributed by atoms with Gasteiger partial charge in [-0.15, -0.1) is 0 Å². The van der Waals surface area contributed by atoms with Crippen LogP contribution in [0, 0.1) is 5.82 Å². The first kappa shape index (κ1) is 16.2. The molecule has 1 heterocycles. The number of H-pyrrole nitrogens is 1. The highest BCUT2D eigenvalue weighted by Gasteiger charge is 2.23. The van der Waals surface area contributed by atoms with Crippen molar-refractivity contribution in [2.45, 2.75) is 31.7 Å². The van der Waals surface area contributed by atoms with Gasteiger partial charge < -0.3 is 10.3 Å². The van der Waals surface area contributed by atoms with Gasteiger partial charge in [-0.25, -0.2) is 4.39 Å². The summed E-state index contributed by atoms with van der Waals surface area (Å²) in [5.41, 5.74) is 4.39. The third kappa shape index (κ3) is 3.40. The number of carbonyl (C=O) groups is 1. The van der Waals surface area contributed by atoms with Crippen LogP contribution in [-0.2, 0) is 24.1 Å². The van der Waals surface area contributed by atoms with Crippen molar-refractivity contribution in [2.24, 2.45) is 0 Å². The zero-order valence-corrected chi connectivity index (χ0v) is 14.4. The van der Waals surface area contributed by atoms with Gasteiger partial charge in [0.1, 0.15) is 5.82 Å². The highest BCUT2D eigenvalue weighted by Crippen LogP contribution is 2.31. The Bertz CT molecular complexity index is 933. The quantitative estimate of drug-likeness (QED) is 0.726. The molecule has 0 saturated carbocycles. The molecule has 5 heteroatoms. The summed E-state index contributed by atoms with van der Waals surface area (Å²) in [5, 5.41) is 4.97. The Labute approximate surface area is 150 Å². The van der Waals surface area contributed by atoms with Crippen LogP contribution in [-0.4, -0.2) is 16.9 Å². The van der Waals surface area contributed by atoms with Gasteiger partial charge >= 0.3 is 0 Å². The average Bonchev–Trinajstić information content (AvgIpc) is 2.94. The van der Waals surface area contributed by atoms with E-state index in [9.17, 15) is 9.18 Å². The lowest BCUT2D eigenvalue weighted by Crippen LogP contribution is -2.39. The normalized spacial score (nSPS) is 16.6. The van der Waals surface area contributed by atoms with Crippen molar-refractivity contribution >= 4 is 28.4 Å². The molecule has 1 aliphatic rings. The maximum atomic E-state index is 13.0. The molecule has 0 bridgehead atoms. The molecule has 0 spiro atoms. The number of nitrogens with one attached hydrogen (secondary N) is 2. The summed E-state index contributed by atoms with van der Waals surface area (Å²) < 4.78 is 13.0. The third-order valence-corrected chi connectivity index (χ3v) is 5.03. The minimum atomic E-state index is -0.290. The number of hydrogen-bond acceptors (Lipinski definition) is 1. The Morgan fingerprint density at radius 1 is 1.24 bits per heavy atom. The predicted molar refractivity (Wildman–Crippen MR) is 97.4 cm³/mol. The SMILES string of the molecule is O=C(Cc1ccc(F)cc1)NC1CCc2[nH]c3ccc(Cl)cc3c2C1. The summed E-state index contributed by atoms with van der Waals surface area (Å²) in [5.74, 6) is -0.320. The third-order valence-electron chi connectivity index (χ3n) is 4.79. The lowest BCUT2D eigenvalue weighted by molar-refractivity contribution is -0.121. The maximum absolute atomic E-state index is 13.0. The maximum Gasteiger partial charge on any atom is 0.224 e. The van der Waals surface area contributed by atoms with E-state index in [4.69, 9.17) is 11.6 Å². The van der Waals surface area contributed by atoms with E-state index in [1.165, 1.54) is 23.4 Å². The molecule has 0 aliphatic heterocycles. The molecular weight excluding hydrogens is 339 g/mol.